The Hall–Kier alpha value is -1.42. The predicted octanol–water partition coefficient (Wildman–Crippen LogP) is 2.84. The van der Waals surface area contributed by atoms with Gasteiger partial charge in [-0.05, 0) is 39.0 Å². The van der Waals surface area contributed by atoms with Crippen LogP contribution in [0.3, 0.4) is 0 Å². The van der Waals surface area contributed by atoms with Crippen molar-refractivity contribution in [2.24, 2.45) is 0 Å². The van der Waals surface area contributed by atoms with Gasteiger partial charge in [0.05, 0.1) is 13.2 Å². The monoisotopic (exact) mass is 285 g/mol. The molecule has 1 aromatic rings. The summed E-state index contributed by atoms with van der Waals surface area (Å²) in [6, 6.07) is 5.14. The van der Waals surface area contributed by atoms with Crippen LogP contribution in [0.4, 0.5) is 0 Å². The molecule has 0 saturated carbocycles. The highest BCUT2D eigenvalue weighted by atomic mass is 35.5. The molecule has 19 heavy (non-hydrogen) atoms. The van der Waals surface area contributed by atoms with Gasteiger partial charge in [0, 0.05) is 17.5 Å². The van der Waals surface area contributed by atoms with Crippen molar-refractivity contribution in [3.8, 4) is 11.5 Å². The standard InChI is InChI=1S/C14H20ClNO3/c1-4-18-12-7-6-11(8-13(12)19-5-2)14(17)16-9-10(3)15/h6-8,10H,4-5,9H2,1-3H3,(H,16,17). The van der Waals surface area contributed by atoms with Crippen molar-refractivity contribution in [3.05, 3.63) is 23.8 Å². The maximum Gasteiger partial charge on any atom is 0.251 e. The Morgan fingerprint density at radius 2 is 1.89 bits per heavy atom. The van der Waals surface area contributed by atoms with Gasteiger partial charge in [0.15, 0.2) is 11.5 Å². The summed E-state index contributed by atoms with van der Waals surface area (Å²) < 4.78 is 10.9. The lowest BCUT2D eigenvalue weighted by molar-refractivity contribution is 0.0953. The first-order chi connectivity index (χ1) is 9.08. The molecule has 1 atom stereocenters. The van der Waals surface area contributed by atoms with Crippen molar-refractivity contribution in [3.63, 3.8) is 0 Å². The second-order valence-electron chi connectivity index (χ2n) is 4.02. The summed E-state index contributed by atoms with van der Waals surface area (Å²) in [5, 5.41) is 2.65. The number of hydrogen-bond donors (Lipinski definition) is 1. The van der Waals surface area contributed by atoms with E-state index in [1.807, 2.05) is 20.8 Å². The first-order valence-corrected chi connectivity index (χ1v) is 6.84. The smallest absolute Gasteiger partial charge is 0.251 e. The van der Waals surface area contributed by atoms with Crippen molar-refractivity contribution < 1.29 is 14.3 Å². The van der Waals surface area contributed by atoms with Crippen LogP contribution in [0.1, 0.15) is 31.1 Å². The molecule has 0 spiro atoms. The molecule has 0 aliphatic carbocycles. The fourth-order valence-corrected chi connectivity index (χ4v) is 1.60. The summed E-state index contributed by atoms with van der Waals surface area (Å²) in [5.74, 6) is 1.05. The fourth-order valence-electron chi connectivity index (χ4n) is 1.53. The quantitative estimate of drug-likeness (QED) is 0.784. The van der Waals surface area contributed by atoms with Crippen LogP contribution in [0, 0.1) is 0 Å². The zero-order valence-corrected chi connectivity index (χ0v) is 12.3. The number of carbonyl (C=O) groups is 1. The topological polar surface area (TPSA) is 47.6 Å². The third kappa shape index (κ3) is 4.99. The van der Waals surface area contributed by atoms with Crippen LogP contribution in [-0.2, 0) is 0 Å². The van der Waals surface area contributed by atoms with Crippen LogP contribution < -0.4 is 14.8 Å². The van der Waals surface area contributed by atoms with Gasteiger partial charge in [0.2, 0.25) is 0 Å². The Balaban J connectivity index is 2.84. The Kier molecular flexibility index (Phi) is 6.50. The zero-order valence-electron chi connectivity index (χ0n) is 11.5. The number of halogens is 1. The van der Waals surface area contributed by atoms with Crippen LogP contribution in [0.2, 0.25) is 0 Å². The molecule has 1 rings (SSSR count). The number of nitrogens with one attached hydrogen (secondary N) is 1. The van der Waals surface area contributed by atoms with Crippen LogP contribution in [-0.4, -0.2) is 31.0 Å². The molecule has 1 amide bonds. The van der Waals surface area contributed by atoms with Gasteiger partial charge < -0.3 is 14.8 Å². The third-order valence-electron chi connectivity index (χ3n) is 2.35. The number of benzene rings is 1. The second kappa shape index (κ2) is 7.89. The van der Waals surface area contributed by atoms with E-state index in [9.17, 15) is 4.79 Å². The Morgan fingerprint density at radius 3 is 2.47 bits per heavy atom. The van der Waals surface area contributed by atoms with Gasteiger partial charge in [-0.2, -0.15) is 0 Å². The lowest BCUT2D eigenvalue weighted by Gasteiger charge is -2.12. The van der Waals surface area contributed by atoms with E-state index in [-0.39, 0.29) is 11.3 Å². The van der Waals surface area contributed by atoms with Gasteiger partial charge in [-0.25, -0.2) is 0 Å². The molecule has 5 heteroatoms. The number of carbonyl (C=O) groups excluding carboxylic acids is 1. The zero-order chi connectivity index (χ0) is 14.3. The molecule has 0 bridgehead atoms. The van der Waals surface area contributed by atoms with Crippen molar-refractivity contribution in [2.75, 3.05) is 19.8 Å². The number of amides is 1. The third-order valence-corrected chi connectivity index (χ3v) is 2.50. The van der Waals surface area contributed by atoms with Crippen LogP contribution in [0.5, 0.6) is 11.5 Å². The molecule has 0 aliphatic rings. The van der Waals surface area contributed by atoms with Gasteiger partial charge in [0.25, 0.3) is 5.91 Å². The van der Waals surface area contributed by atoms with E-state index in [4.69, 9.17) is 21.1 Å². The largest absolute Gasteiger partial charge is 0.490 e. The summed E-state index contributed by atoms with van der Waals surface area (Å²) >= 11 is 5.80. The normalized spacial score (nSPS) is 11.8. The summed E-state index contributed by atoms with van der Waals surface area (Å²) in [7, 11) is 0. The molecule has 0 fully saturated rings. The highest BCUT2D eigenvalue weighted by Crippen LogP contribution is 2.28. The van der Waals surface area contributed by atoms with E-state index in [0.29, 0.717) is 36.8 Å². The van der Waals surface area contributed by atoms with Gasteiger partial charge in [-0.1, -0.05) is 0 Å². The minimum Gasteiger partial charge on any atom is -0.490 e. The van der Waals surface area contributed by atoms with Crippen molar-refractivity contribution in [2.45, 2.75) is 26.1 Å². The maximum atomic E-state index is 11.9. The van der Waals surface area contributed by atoms with E-state index in [0.717, 1.165) is 0 Å². The van der Waals surface area contributed by atoms with Crippen LogP contribution >= 0.6 is 11.6 Å². The first-order valence-electron chi connectivity index (χ1n) is 6.40. The minimum atomic E-state index is -0.170. The molecule has 0 heterocycles. The SMILES string of the molecule is CCOc1ccc(C(=O)NCC(C)Cl)cc1OCC. The molecule has 0 aromatic heterocycles. The molecule has 1 unspecified atom stereocenters. The van der Waals surface area contributed by atoms with Crippen LogP contribution in [0.15, 0.2) is 18.2 Å². The van der Waals surface area contributed by atoms with Gasteiger partial charge in [-0.15, -0.1) is 11.6 Å². The van der Waals surface area contributed by atoms with Crippen molar-refractivity contribution >= 4 is 17.5 Å². The Morgan fingerprint density at radius 1 is 1.26 bits per heavy atom. The molecule has 1 aromatic carbocycles. The number of hydrogen-bond acceptors (Lipinski definition) is 3. The van der Waals surface area contributed by atoms with E-state index in [1.165, 1.54) is 0 Å². The summed E-state index contributed by atoms with van der Waals surface area (Å²) in [6.07, 6.45) is 0. The number of alkyl halides is 1. The lowest BCUT2D eigenvalue weighted by atomic mass is 10.2. The summed E-state index contributed by atoms with van der Waals surface area (Å²) in [4.78, 5) is 11.9. The summed E-state index contributed by atoms with van der Waals surface area (Å²) in [5.41, 5.74) is 0.532. The molecule has 4 nitrogen and oxygen atoms in total. The lowest BCUT2D eigenvalue weighted by Crippen LogP contribution is -2.28. The van der Waals surface area contributed by atoms with E-state index >= 15 is 0 Å². The highest BCUT2D eigenvalue weighted by Gasteiger charge is 2.11. The fraction of sp³-hybridized carbons (Fsp3) is 0.500. The Bertz CT molecular complexity index is 421. The molecular weight excluding hydrogens is 266 g/mol. The average molecular weight is 286 g/mol. The molecule has 1 N–H and O–H groups in total. The molecule has 0 aliphatic heterocycles. The number of ether oxygens (including phenoxy) is 2. The van der Waals surface area contributed by atoms with E-state index < -0.39 is 0 Å². The van der Waals surface area contributed by atoms with Crippen molar-refractivity contribution in [1.29, 1.82) is 0 Å². The first kappa shape index (κ1) is 15.6. The Labute approximate surface area is 119 Å². The number of rotatable bonds is 7. The van der Waals surface area contributed by atoms with Gasteiger partial charge in [-0.3, -0.25) is 4.79 Å². The molecular formula is C14H20ClNO3. The summed E-state index contributed by atoms with van der Waals surface area (Å²) in [6.45, 7) is 7.11. The maximum absolute atomic E-state index is 11.9. The van der Waals surface area contributed by atoms with Crippen LogP contribution in [0.25, 0.3) is 0 Å². The predicted molar refractivity (Wildman–Crippen MR) is 76.4 cm³/mol. The molecule has 106 valence electrons. The average Bonchev–Trinajstić information content (AvgIpc) is 2.38. The van der Waals surface area contributed by atoms with Gasteiger partial charge in [0.1, 0.15) is 0 Å². The minimum absolute atomic E-state index is 0.0991. The van der Waals surface area contributed by atoms with Crippen molar-refractivity contribution in [1.82, 2.24) is 5.32 Å². The van der Waals surface area contributed by atoms with E-state index in [2.05, 4.69) is 5.32 Å². The van der Waals surface area contributed by atoms with E-state index in [1.54, 1.807) is 18.2 Å². The molecule has 0 saturated heterocycles. The van der Waals surface area contributed by atoms with Gasteiger partial charge >= 0.3 is 0 Å². The second-order valence-corrected chi connectivity index (χ2v) is 4.76. The molecule has 0 radical (unpaired) electrons. The highest BCUT2D eigenvalue weighted by molar-refractivity contribution is 6.20.